The zero-order chi connectivity index (χ0) is 13.2. The summed E-state index contributed by atoms with van der Waals surface area (Å²) in [6.45, 7) is 8.13. The van der Waals surface area contributed by atoms with Gasteiger partial charge in [-0.1, -0.05) is 18.2 Å². The predicted octanol–water partition coefficient (Wildman–Crippen LogP) is 2.66. The Kier molecular flexibility index (Phi) is 3.67. The van der Waals surface area contributed by atoms with Crippen molar-refractivity contribution in [2.45, 2.75) is 31.5 Å². The number of hydrogen-bond acceptors (Lipinski definition) is 2. The summed E-state index contributed by atoms with van der Waals surface area (Å²) in [5.41, 5.74) is 1.21. The van der Waals surface area contributed by atoms with Gasteiger partial charge >= 0.3 is 0 Å². The molecule has 2 aliphatic rings. The second-order valence-electron chi connectivity index (χ2n) is 5.59. The SMILES string of the molecule is C=CCN1CC[C@@H]2[C@@H]1CCN2Cc1ccc(F)cc1. The van der Waals surface area contributed by atoms with E-state index >= 15 is 0 Å². The van der Waals surface area contributed by atoms with Gasteiger partial charge in [0.1, 0.15) is 5.82 Å². The Morgan fingerprint density at radius 1 is 1.11 bits per heavy atom. The normalized spacial score (nSPS) is 27.6. The molecule has 1 aromatic carbocycles. The van der Waals surface area contributed by atoms with Crippen molar-refractivity contribution < 1.29 is 4.39 Å². The van der Waals surface area contributed by atoms with E-state index in [-0.39, 0.29) is 5.82 Å². The van der Waals surface area contributed by atoms with Crippen molar-refractivity contribution in [2.75, 3.05) is 19.6 Å². The van der Waals surface area contributed by atoms with E-state index in [1.54, 1.807) is 12.1 Å². The fourth-order valence-electron chi connectivity index (χ4n) is 3.58. The lowest BCUT2D eigenvalue weighted by Crippen LogP contribution is -2.36. The van der Waals surface area contributed by atoms with E-state index in [9.17, 15) is 4.39 Å². The third-order valence-corrected chi connectivity index (χ3v) is 4.47. The first-order valence-electron chi connectivity index (χ1n) is 7.11. The first kappa shape index (κ1) is 12.8. The molecule has 0 spiro atoms. The van der Waals surface area contributed by atoms with E-state index in [4.69, 9.17) is 0 Å². The van der Waals surface area contributed by atoms with Gasteiger partial charge in [-0.3, -0.25) is 9.80 Å². The van der Waals surface area contributed by atoms with Gasteiger partial charge in [0, 0.05) is 38.3 Å². The lowest BCUT2D eigenvalue weighted by atomic mass is 10.1. The summed E-state index contributed by atoms with van der Waals surface area (Å²) >= 11 is 0. The standard InChI is InChI=1S/C16H21FN2/c1-2-9-18-10-7-16-15(18)8-11-19(16)12-13-3-5-14(17)6-4-13/h2-6,15-16H,1,7-12H2/t15-,16+/m0/s1. The molecule has 0 N–H and O–H groups in total. The summed E-state index contributed by atoms with van der Waals surface area (Å²) in [6, 6.07) is 8.28. The number of benzene rings is 1. The van der Waals surface area contributed by atoms with Gasteiger partial charge in [0.2, 0.25) is 0 Å². The molecule has 0 bridgehead atoms. The second kappa shape index (κ2) is 5.43. The summed E-state index contributed by atoms with van der Waals surface area (Å²) in [7, 11) is 0. The molecule has 0 unspecified atom stereocenters. The van der Waals surface area contributed by atoms with E-state index in [0.29, 0.717) is 12.1 Å². The van der Waals surface area contributed by atoms with E-state index in [2.05, 4.69) is 16.4 Å². The van der Waals surface area contributed by atoms with E-state index in [1.807, 2.05) is 18.2 Å². The minimum Gasteiger partial charge on any atom is -0.295 e. The van der Waals surface area contributed by atoms with Crippen LogP contribution in [0.15, 0.2) is 36.9 Å². The average molecular weight is 260 g/mol. The zero-order valence-corrected chi connectivity index (χ0v) is 11.3. The van der Waals surface area contributed by atoms with Crippen LogP contribution in [-0.4, -0.2) is 41.5 Å². The molecular formula is C16H21FN2. The highest BCUT2D eigenvalue weighted by Crippen LogP contribution is 2.32. The van der Waals surface area contributed by atoms with Crippen LogP contribution in [0.4, 0.5) is 4.39 Å². The zero-order valence-electron chi connectivity index (χ0n) is 11.3. The first-order valence-corrected chi connectivity index (χ1v) is 7.11. The van der Waals surface area contributed by atoms with E-state index in [1.165, 1.54) is 24.9 Å². The van der Waals surface area contributed by atoms with Crippen molar-refractivity contribution in [1.82, 2.24) is 9.80 Å². The lowest BCUT2D eigenvalue weighted by Gasteiger charge is -2.25. The second-order valence-corrected chi connectivity index (χ2v) is 5.59. The Labute approximate surface area is 114 Å². The Bertz CT molecular complexity index is 443. The molecule has 2 aliphatic heterocycles. The molecule has 0 aliphatic carbocycles. The maximum Gasteiger partial charge on any atom is 0.123 e. The summed E-state index contributed by atoms with van der Waals surface area (Å²) in [5.74, 6) is -0.152. The molecular weight excluding hydrogens is 239 g/mol. The van der Waals surface area contributed by atoms with Gasteiger partial charge in [0.15, 0.2) is 0 Å². The molecule has 3 rings (SSSR count). The van der Waals surface area contributed by atoms with Crippen LogP contribution in [0.2, 0.25) is 0 Å². The van der Waals surface area contributed by atoms with Gasteiger partial charge in [0.05, 0.1) is 0 Å². The molecule has 1 aromatic rings. The summed E-state index contributed by atoms with van der Waals surface area (Å²) in [6.07, 6.45) is 4.50. The number of nitrogens with zero attached hydrogens (tertiary/aromatic N) is 2. The maximum absolute atomic E-state index is 12.9. The molecule has 0 amide bonds. The third-order valence-electron chi connectivity index (χ3n) is 4.47. The molecule has 19 heavy (non-hydrogen) atoms. The highest BCUT2D eigenvalue weighted by molar-refractivity contribution is 5.17. The van der Waals surface area contributed by atoms with Gasteiger partial charge in [-0.25, -0.2) is 4.39 Å². The van der Waals surface area contributed by atoms with Crippen LogP contribution in [0.25, 0.3) is 0 Å². The first-order chi connectivity index (χ1) is 9.28. The number of halogens is 1. The van der Waals surface area contributed by atoms with Crippen molar-refractivity contribution in [3.05, 3.63) is 48.3 Å². The Morgan fingerprint density at radius 3 is 2.42 bits per heavy atom. The molecule has 2 atom stereocenters. The minimum atomic E-state index is -0.152. The van der Waals surface area contributed by atoms with Crippen LogP contribution in [0.5, 0.6) is 0 Å². The summed E-state index contributed by atoms with van der Waals surface area (Å²) in [4.78, 5) is 5.10. The quantitative estimate of drug-likeness (QED) is 0.768. The largest absolute Gasteiger partial charge is 0.295 e. The van der Waals surface area contributed by atoms with Crippen molar-refractivity contribution in [3.8, 4) is 0 Å². The third kappa shape index (κ3) is 2.58. The predicted molar refractivity (Wildman–Crippen MR) is 75.4 cm³/mol. The van der Waals surface area contributed by atoms with Crippen LogP contribution in [-0.2, 0) is 6.54 Å². The van der Waals surface area contributed by atoms with Gasteiger partial charge in [0.25, 0.3) is 0 Å². The topological polar surface area (TPSA) is 6.48 Å². The van der Waals surface area contributed by atoms with Gasteiger partial charge in [-0.2, -0.15) is 0 Å². The molecule has 0 aromatic heterocycles. The van der Waals surface area contributed by atoms with Crippen LogP contribution in [0.3, 0.4) is 0 Å². The summed E-state index contributed by atoms with van der Waals surface area (Å²) < 4.78 is 12.9. The summed E-state index contributed by atoms with van der Waals surface area (Å²) in [5, 5.41) is 0. The maximum atomic E-state index is 12.9. The highest BCUT2D eigenvalue weighted by Gasteiger charge is 2.41. The fourth-order valence-corrected chi connectivity index (χ4v) is 3.58. The number of hydrogen-bond donors (Lipinski definition) is 0. The minimum absolute atomic E-state index is 0.152. The number of likely N-dealkylation sites (tertiary alicyclic amines) is 2. The molecule has 3 heteroatoms. The molecule has 2 heterocycles. The van der Waals surface area contributed by atoms with Gasteiger partial charge in [-0.15, -0.1) is 6.58 Å². The molecule has 2 saturated heterocycles. The Balaban J connectivity index is 1.64. The highest BCUT2D eigenvalue weighted by atomic mass is 19.1. The van der Waals surface area contributed by atoms with Crippen molar-refractivity contribution >= 4 is 0 Å². The smallest absolute Gasteiger partial charge is 0.123 e. The van der Waals surface area contributed by atoms with Crippen molar-refractivity contribution in [1.29, 1.82) is 0 Å². The average Bonchev–Trinajstić information content (AvgIpc) is 2.97. The Hall–Kier alpha value is -1.19. The van der Waals surface area contributed by atoms with Crippen LogP contribution in [0, 0.1) is 5.82 Å². The Morgan fingerprint density at radius 2 is 1.74 bits per heavy atom. The van der Waals surface area contributed by atoms with Crippen molar-refractivity contribution in [3.63, 3.8) is 0 Å². The molecule has 0 radical (unpaired) electrons. The number of rotatable bonds is 4. The van der Waals surface area contributed by atoms with Gasteiger partial charge < -0.3 is 0 Å². The van der Waals surface area contributed by atoms with Gasteiger partial charge in [-0.05, 0) is 30.5 Å². The van der Waals surface area contributed by atoms with Crippen LogP contribution in [0.1, 0.15) is 18.4 Å². The van der Waals surface area contributed by atoms with E-state index in [0.717, 1.165) is 19.6 Å². The molecule has 2 nitrogen and oxygen atoms in total. The van der Waals surface area contributed by atoms with Crippen LogP contribution < -0.4 is 0 Å². The molecule has 102 valence electrons. The van der Waals surface area contributed by atoms with Crippen molar-refractivity contribution in [2.24, 2.45) is 0 Å². The lowest BCUT2D eigenvalue weighted by molar-refractivity contribution is 0.225. The monoisotopic (exact) mass is 260 g/mol. The number of fused-ring (bicyclic) bond motifs is 1. The molecule has 0 saturated carbocycles. The van der Waals surface area contributed by atoms with Crippen LogP contribution >= 0.6 is 0 Å². The van der Waals surface area contributed by atoms with E-state index < -0.39 is 0 Å². The fraction of sp³-hybridized carbons (Fsp3) is 0.500. The molecule has 2 fully saturated rings.